The Morgan fingerprint density at radius 1 is 0.977 bits per heavy atom. The Labute approximate surface area is 262 Å². The van der Waals surface area contributed by atoms with Crippen molar-refractivity contribution in [1.29, 1.82) is 0 Å². The second-order valence-electron chi connectivity index (χ2n) is 13.0. The van der Waals surface area contributed by atoms with Crippen LogP contribution in [0.15, 0.2) is 59.6 Å². The molecule has 1 aromatic heterocycles. The van der Waals surface area contributed by atoms with Gasteiger partial charge < -0.3 is 14.2 Å². The second kappa shape index (κ2) is 12.8. The third kappa shape index (κ3) is 6.14. The molecule has 3 unspecified atom stereocenters. The molecule has 0 bridgehead atoms. The van der Waals surface area contributed by atoms with Gasteiger partial charge in [0.15, 0.2) is 0 Å². The number of piperazine rings is 1. The molecular weight excluding hydrogens is 574 g/mol. The number of hydrogen-bond acceptors (Lipinski definition) is 6. The molecule has 1 saturated heterocycles. The highest BCUT2D eigenvalue weighted by Gasteiger charge is 2.40. The molecule has 0 N–H and O–H groups in total. The van der Waals surface area contributed by atoms with Crippen molar-refractivity contribution in [3.05, 3.63) is 60.4 Å². The number of fused-ring (bicyclic) bond motifs is 2. The van der Waals surface area contributed by atoms with Crippen molar-refractivity contribution in [3.63, 3.8) is 0 Å². The molecule has 2 aromatic carbocycles. The van der Waals surface area contributed by atoms with E-state index < -0.39 is 16.1 Å². The fraction of sp³-hybridized carbons (Fsp3) is 0.559. The van der Waals surface area contributed by atoms with E-state index in [1.807, 2.05) is 54.5 Å². The van der Waals surface area contributed by atoms with Crippen molar-refractivity contribution in [2.24, 2.45) is 0 Å². The van der Waals surface area contributed by atoms with Crippen molar-refractivity contribution in [3.8, 4) is 5.75 Å². The molecule has 10 heteroatoms. The Hall–Kier alpha value is -2.92. The van der Waals surface area contributed by atoms with E-state index in [0.717, 1.165) is 67.7 Å². The third-order valence-corrected chi connectivity index (χ3v) is 12.2. The summed E-state index contributed by atoms with van der Waals surface area (Å²) in [5.74, 6) is 0.733. The molecule has 6 rings (SSSR count). The van der Waals surface area contributed by atoms with Crippen LogP contribution in [0.5, 0.6) is 5.75 Å². The first-order valence-electron chi connectivity index (χ1n) is 16.1. The van der Waals surface area contributed by atoms with Crippen molar-refractivity contribution in [2.45, 2.75) is 81.6 Å². The molecule has 1 saturated carbocycles. The smallest absolute Gasteiger partial charge is 0.243 e. The first-order chi connectivity index (χ1) is 21.2. The predicted molar refractivity (Wildman–Crippen MR) is 173 cm³/mol. The Balaban J connectivity index is 1.19. The van der Waals surface area contributed by atoms with Crippen LogP contribution in [0.4, 0.5) is 0 Å². The minimum absolute atomic E-state index is 0.00531. The van der Waals surface area contributed by atoms with Gasteiger partial charge in [-0.25, -0.2) is 8.42 Å². The summed E-state index contributed by atoms with van der Waals surface area (Å²) in [5, 5.41) is 1.74. The number of aromatic nitrogens is 1. The molecule has 2 fully saturated rings. The van der Waals surface area contributed by atoms with E-state index in [1.165, 1.54) is 6.42 Å². The number of benzene rings is 2. The van der Waals surface area contributed by atoms with Crippen LogP contribution in [-0.4, -0.2) is 103 Å². The highest BCUT2D eigenvalue weighted by molar-refractivity contribution is 7.89. The summed E-state index contributed by atoms with van der Waals surface area (Å²) in [6, 6.07) is 15.4. The highest BCUT2D eigenvalue weighted by Crippen LogP contribution is 2.36. The van der Waals surface area contributed by atoms with Gasteiger partial charge in [0.2, 0.25) is 15.9 Å². The molecule has 44 heavy (non-hydrogen) atoms. The molecule has 0 spiro atoms. The zero-order valence-electron chi connectivity index (χ0n) is 26.6. The fourth-order valence-corrected chi connectivity index (χ4v) is 9.14. The molecule has 1 aliphatic carbocycles. The van der Waals surface area contributed by atoms with Gasteiger partial charge in [0.25, 0.3) is 0 Å². The first-order valence-corrected chi connectivity index (χ1v) is 17.6. The average Bonchev–Trinajstić information content (AvgIpc) is 3.53. The van der Waals surface area contributed by atoms with Crippen molar-refractivity contribution < 1.29 is 17.9 Å². The summed E-state index contributed by atoms with van der Waals surface area (Å²) < 4.78 is 37.4. The Kier molecular flexibility index (Phi) is 9.06. The van der Waals surface area contributed by atoms with Gasteiger partial charge in [-0.05, 0) is 86.7 Å². The number of hydrogen-bond donors (Lipinski definition) is 0. The van der Waals surface area contributed by atoms with Gasteiger partial charge in [0.1, 0.15) is 5.75 Å². The summed E-state index contributed by atoms with van der Waals surface area (Å²) >= 11 is 0. The lowest BCUT2D eigenvalue weighted by Gasteiger charge is -2.45. The highest BCUT2D eigenvalue weighted by atomic mass is 32.2. The van der Waals surface area contributed by atoms with Gasteiger partial charge in [0.05, 0.1) is 18.0 Å². The maximum atomic E-state index is 14.2. The number of ether oxygens (including phenoxy) is 1. The summed E-state index contributed by atoms with van der Waals surface area (Å²) in [5.41, 5.74) is 0.872. The summed E-state index contributed by atoms with van der Waals surface area (Å²) in [4.78, 5) is 21.3. The maximum absolute atomic E-state index is 14.2. The molecular formula is C34H47N5O4S. The van der Waals surface area contributed by atoms with Crippen LogP contribution in [0.25, 0.3) is 10.8 Å². The summed E-state index contributed by atoms with van der Waals surface area (Å²) in [6.07, 6.45) is 6.37. The van der Waals surface area contributed by atoms with Crippen LogP contribution in [0.1, 0.15) is 57.7 Å². The Morgan fingerprint density at radius 3 is 2.48 bits per heavy atom. The molecule has 3 atom stereocenters. The number of amides is 1. The average molecular weight is 622 g/mol. The van der Waals surface area contributed by atoms with E-state index in [0.29, 0.717) is 25.2 Å². The normalized spacial score (nSPS) is 24.0. The number of rotatable bonds is 8. The van der Waals surface area contributed by atoms with Gasteiger partial charge in [-0.3, -0.25) is 14.6 Å². The second-order valence-corrected chi connectivity index (χ2v) is 14.9. The fourth-order valence-electron chi connectivity index (χ4n) is 7.52. The van der Waals surface area contributed by atoms with E-state index >= 15 is 0 Å². The van der Waals surface area contributed by atoms with Gasteiger partial charge in [-0.1, -0.05) is 12.1 Å². The molecule has 3 aliphatic rings. The van der Waals surface area contributed by atoms with E-state index in [4.69, 9.17) is 4.74 Å². The lowest BCUT2D eigenvalue weighted by Crippen LogP contribution is -2.54. The lowest BCUT2D eigenvalue weighted by molar-refractivity contribution is -0.134. The molecule has 2 aliphatic heterocycles. The van der Waals surface area contributed by atoms with Crippen LogP contribution < -0.4 is 4.74 Å². The van der Waals surface area contributed by atoms with Gasteiger partial charge in [-0.15, -0.1) is 0 Å². The zero-order chi connectivity index (χ0) is 31.0. The topological polar surface area (TPSA) is 78.3 Å². The number of nitrogens with zero attached hydrogens (tertiary/aromatic N) is 5. The van der Waals surface area contributed by atoms with E-state index in [-0.39, 0.29) is 23.3 Å². The Morgan fingerprint density at radius 2 is 1.73 bits per heavy atom. The minimum Gasteiger partial charge on any atom is -0.497 e. The molecule has 1 amide bonds. The van der Waals surface area contributed by atoms with Crippen LogP contribution in [0, 0.1) is 0 Å². The number of carbonyl (C=O) groups excluding carboxylic acids is 1. The van der Waals surface area contributed by atoms with Crippen molar-refractivity contribution in [2.75, 3.05) is 46.9 Å². The lowest BCUT2D eigenvalue weighted by atomic mass is 9.88. The van der Waals surface area contributed by atoms with Crippen molar-refractivity contribution >= 4 is 26.7 Å². The molecule has 0 radical (unpaired) electrons. The van der Waals surface area contributed by atoms with Crippen LogP contribution in [0.3, 0.4) is 0 Å². The van der Waals surface area contributed by atoms with E-state index in [9.17, 15) is 13.2 Å². The SMILES string of the molecule is COc1ccc2cc(S(=O)(=O)N3CCn4cccc4C3CC(=O)N(C)C3CCCC(N4CCN(C(C)C)CC4)C3)ccc2c1. The third-order valence-electron chi connectivity index (χ3n) is 10.3. The Bertz CT molecular complexity index is 1580. The van der Waals surface area contributed by atoms with Gasteiger partial charge in [0, 0.05) is 82.8 Å². The van der Waals surface area contributed by atoms with Crippen LogP contribution in [0.2, 0.25) is 0 Å². The minimum atomic E-state index is -3.86. The first kappa shape index (κ1) is 31.1. The molecule has 238 valence electrons. The van der Waals surface area contributed by atoms with Crippen molar-refractivity contribution in [1.82, 2.24) is 23.6 Å². The number of carbonyl (C=O) groups is 1. The summed E-state index contributed by atoms with van der Waals surface area (Å²) in [7, 11) is -0.323. The molecule has 3 aromatic rings. The quantitative estimate of drug-likeness (QED) is 0.367. The monoisotopic (exact) mass is 621 g/mol. The summed E-state index contributed by atoms with van der Waals surface area (Å²) in [6.45, 7) is 9.78. The molecule has 3 heterocycles. The largest absolute Gasteiger partial charge is 0.497 e. The standard InChI is InChI=1S/C34H47N5O4S/c1-25(2)36-15-17-37(18-16-36)29-8-5-7-28(23-29)35(3)34(40)24-33-32-9-6-14-38(32)19-20-39(33)44(41,42)31-13-11-26-21-30(43-4)12-10-27(26)22-31/h6,9-14,21-22,25,28-29,33H,5,7-8,15-20,23-24H2,1-4H3. The predicted octanol–water partition coefficient (Wildman–Crippen LogP) is 4.58. The van der Waals surface area contributed by atoms with E-state index in [1.54, 1.807) is 23.5 Å². The number of sulfonamides is 1. The van der Waals surface area contributed by atoms with Crippen LogP contribution in [-0.2, 0) is 21.4 Å². The number of methoxy groups -OCH3 is 1. The van der Waals surface area contributed by atoms with Gasteiger partial charge >= 0.3 is 0 Å². The van der Waals surface area contributed by atoms with Crippen LogP contribution >= 0.6 is 0 Å². The zero-order valence-corrected chi connectivity index (χ0v) is 27.4. The van der Waals surface area contributed by atoms with Gasteiger partial charge in [-0.2, -0.15) is 4.31 Å². The maximum Gasteiger partial charge on any atom is 0.243 e. The molecule has 9 nitrogen and oxygen atoms in total. The van der Waals surface area contributed by atoms with E-state index in [2.05, 4.69) is 28.2 Å².